The summed E-state index contributed by atoms with van der Waals surface area (Å²) in [6.45, 7) is 6.27. The van der Waals surface area contributed by atoms with Crippen LogP contribution in [0.15, 0.2) is 29.3 Å². The van der Waals surface area contributed by atoms with Crippen LogP contribution in [0.3, 0.4) is 0 Å². The molecule has 0 radical (unpaired) electrons. The normalized spacial score (nSPS) is 18.5. The number of benzene rings is 1. The van der Waals surface area contributed by atoms with Crippen LogP contribution >= 0.6 is 24.0 Å². The van der Waals surface area contributed by atoms with E-state index in [0.717, 1.165) is 43.9 Å². The Labute approximate surface area is 172 Å². The zero-order chi connectivity index (χ0) is 18.1. The molecule has 0 aliphatic carbocycles. The van der Waals surface area contributed by atoms with Gasteiger partial charge in [0.2, 0.25) is 0 Å². The van der Waals surface area contributed by atoms with E-state index in [0.29, 0.717) is 12.6 Å². The zero-order valence-electron chi connectivity index (χ0n) is 15.4. The Hall–Kier alpha value is -1.42. The highest BCUT2D eigenvalue weighted by atomic mass is 127. The lowest BCUT2D eigenvalue weighted by Gasteiger charge is -2.24. The first-order valence-corrected chi connectivity index (χ1v) is 8.98. The van der Waals surface area contributed by atoms with Gasteiger partial charge in [0.15, 0.2) is 5.96 Å². The number of hydrogen-bond donors (Lipinski definition) is 2. The fourth-order valence-electron chi connectivity index (χ4n) is 2.56. The van der Waals surface area contributed by atoms with E-state index >= 15 is 0 Å². The van der Waals surface area contributed by atoms with Crippen molar-refractivity contribution in [3.63, 3.8) is 0 Å². The highest BCUT2D eigenvalue weighted by Crippen LogP contribution is 2.13. The summed E-state index contributed by atoms with van der Waals surface area (Å²) in [5.41, 5.74) is 1.03. The van der Waals surface area contributed by atoms with Gasteiger partial charge >= 0.3 is 0 Å². The van der Waals surface area contributed by atoms with E-state index in [-0.39, 0.29) is 35.8 Å². The van der Waals surface area contributed by atoms with Crippen LogP contribution in [0, 0.1) is 10.1 Å². The number of non-ortho nitro benzene ring substituents is 1. The smallest absolute Gasteiger partial charge is 0.269 e. The van der Waals surface area contributed by atoms with Gasteiger partial charge in [-0.05, 0) is 38.2 Å². The molecule has 2 atom stereocenters. The van der Waals surface area contributed by atoms with Crippen molar-refractivity contribution in [3.8, 4) is 0 Å². The number of nitro benzene ring substituents is 1. The fourth-order valence-corrected chi connectivity index (χ4v) is 2.56. The minimum atomic E-state index is -0.394. The van der Waals surface area contributed by atoms with Gasteiger partial charge in [-0.15, -0.1) is 24.0 Å². The molecule has 0 bridgehead atoms. The van der Waals surface area contributed by atoms with Crippen LogP contribution in [-0.2, 0) is 11.3 Å². The Bertz CT molecular complexity index is 574. The van der Waals surface area contributed by atoms with E-state index in [2.05, 4.69) is 29.5 Å². The van der Waals surface area contributed by atoms with Gasteiger partial charge in [-0.1, -0.05) is 19.1 Å². The SMILES string of the molecule is CCC(C)NC(=NCc1ccc([N+](=O)[O-])cc1)NCC1CCCCO1.I. The van der Waals surface area contributed by atoms with Gasteiger partial charge < -0.3 is 15.4 Å². The molecule has 0 aromatic heterocycles. The molecule has 1 aliphatic rings. The van der Waals surface area contributed by atoms with E-state index in [9.17, 15) is 10.1 Å². The van der Waals surface area contributed by atoms with Gasteiger partial charge in [0.05, 0.1) is 17.6 Å². The number of rotatable bonds is 7. The van der Waals surface area contributed by atoms with Crippen LogP contribution in [0.1, 0.15) is 45.1 Å². The summed E-state index contributed by atoms with van der Waals surface area (Å²) in [6, 6.07) is 6.82. The first-order valence-electron chi connectivity index (χ1n) is 8.98. The fraction of sp³-hybridized carbons (Fsp3) is 0.611. The third-order valence-corrected chi connectivity index (χ3v) is 4.33. The van der Waals surface area contributed by atoms with Gasteiger partial charge in [0.1, 0.15) is 0 Å². The zero-order valence-corrected chi connectivity index (χ0v) is 17.8. The minimum Gasteiger partial charge on any atom is -0.376 e. The molecular formula is C18H29IN4O3. The molecule has 146 valence electrons. The number of aliphatic imine (C=N–C) groups is 1. The third kappa shape index (κ3) is 7.86. The van der Waals surface area contributed by atoms with Crippen molar-refractivity contribution in [1.29, 1.82) is 0 Å². The number of nitrogens with zero attached hydrogens (tertiary/aromatic N) is 2. The summed E-state index contributed by atoms with van der Waals surface area (Å²) in [6.07, 6.45) is 4.66. The van der Waals surface area contributed by atoms with E-state index in [4.69, 9.17) is 4.74 Å². The Morgan fingerprint density at radius 2 is 2.12 bits per heavy atom. The summed E-state index contributed by atoms with van der Waals surface area (Å²) in [5.74, 6) is 0.752. The van der Waals surface area contributed by atoms with Gasteiger partial charge in [0, 0.05) is 31.3 Å². The van der Waals surface area contributed by atoms with E-state index in [1.54, 1.807) is 12.1 Å². The number of hydrogen-bond acceptors (Lipinski definition) is 4. The Morgan fingerprint density at radius 1 is 1.38 bits per heavy atom. The average molecular weight is 476 g/mol. The molecule has 1 fully saturated rings. The van der Waals surface area contributed by atoms with Crippen LogP contribution in [0.2, 0.25) is 0 Å². The molecule has 2 unspecified atom stereocenters. The first kappa shape index (κ1) is 22.6. The van der Waals surface area contributed by atoms with Crippen LogP contribution in [0.5, 0.6) is 0 Å². The molecule has 7 nitrogen and oxygen atoms in total. The second-order valence-corrected chi connectivity index (χ2v) is 6.41. The summed E-state index contributed by atoms with van der Waals surface area (Å²) in [7, 11) is 0. The van der Waals surface area contributed by atoms with Gasteiger partial charge in [-0.2, -0.15) is 0 Å². The van der Waals surface area contributed by atoms with Crippen molar-refractivity contribution >= 4 is 35.6 Å². The first-order chi connectivity index (χ1) is 12.1. The largest absolute Gasteiger partial charge is 0.376 e. The standard InChI is InChI=1S/C18H28N4O3.HI/c1-3-14(2)21-18(20-13-17-6-4-5-11-25-17)19-12-15-7-9-16(10-8-15)22(23)24;/h7-10,14,17H,3-6,11-13H2,1-2H3,(H2,19,20,21);1H. The van der Waals surface area contributed by atoms with Crippen molar-refractivity contribution in [2.75, 3.05) is 13.2 Å². The molecule has 0 amide bonds. The molecule has 1 aromatic carbocycles. The minimum absolute atomic E-state index is 0. The summed E-state index contributed by atoms with van der Waals surface area (Å²) in [5, 5.41) is 17.5. The quantitative estimate of drug-likeness (QED) is 0.206. The van der Waals surface area contributed by atoms with Crippen molar-refractivity contribution in [2.24, 2.45) is 4.99 Å². The highest BCUT2D eigenvalue weighted by Gasteiger charge is 2.14. The summed E-state index contributed by atoms with van der Waals surface area (Å²) >= 11 is 0. The second-order valence-electron chi connectivity index (χ2n) is 6.41. The Morgan fingerprint density at radius 3 is 2.69 bits per heavy atom. The maximum atomic E-state index is 10.7. The molecule has 8 heteroatoms. The van der Waals surface area contributed by atoms with Crippen LogP contribution in [0.4, 0.5) is 5.69 Å². The molecule has 2 rings (SSSR count). The van der Waals surface area contributed by atoms with Crippen molar-refractivity contribution in [1.82, 2.24) is 10.6 Å². The van der Waals surface area contributed by atoms with Crippen LogP contribution < -0.4 is 10.6 Å². The second kappa shape index (κ2) is 12.1. The number of guanidine groups is 1. The summed E-state index contributed by atoms with van der Waals surface area (Å²) in [4.78, 5) is 14.9. The maximum Gasteiger partial charge on any atom is 0.269 e. The number of nitrogens with one attached hydrogen (secondary N) is 2. The van der Waals surface area contributed by atoms with Crippen molar-refractivity contribution in [3.05, 3.63) is 39.9 Å². The lowest BCUT2D eigenvalue weighted by atomic mass is 10.1. The lowest BCUT2D eigenvalue weighted by Crippen LogP contribution is -2.45. The van der Waals surface area contributed by atoms with E-state index in [1.807, 2.05) is 0 Å². The molecule has 1 aliphatic heterocycles. The maximum absolute atomic E-state index is 10.7. The van der Waals surface area contributed by atoms with Gasteiger partial charge in [-0.25, -0.2) is 4.99 Å². The molecule has 0 spiro atoms. The third-order valence-electron chi connectivity index (χ3n) is 4.33. The predicted molar refractivity (Wildman–Crippen MR) is 114 cm³/mol. The number of ether oxygens (including phenoxy) is 1. The van der Waals surface area contributed by atoms with Crippen LogP contribution in [-0.4, -0.2) is 36.2 Å². The number of nitro groups is 1. The van der Waals surface area contributed by atoms with Gasteiger partial charge in [-0.3, -0.25) is 10.1 Å². The lowest BCUT2D eigenvalue weighted by molar-refractivity contribution is -0.384. The van der Waals surface area contributed by atoms with Crippen LogP contribution in [0.25, 0.3) is 0 Å². The number of halogens is 1. The van der Waals surface area contributed by atoms with Crippen molar-refractivity contribution in [2.45, 2.75) is 58.2 Å². The predicted octanol–water partition coefficient (Wildman–Crippen LogP) is 3.62. The molecule has 1 heterocycles. The van der Waals surface area contributed by atoms with E-state index < -0.39 is 4.92 Å². The summed E-state index contributed by atoms with van der Waals surface area (Å²) < 4.78 is 5.75. The van der Waals surface area contributed by atoms with Crippen molar-refractivity contribution < 1.29 is 9.66 Å². The Kier molecular flexibility index (Phi) is 10.5. The molecule has 1 aromatic rings. The van der Waals surface area contributed by atoms with E-state index in [1.165, 1.54) is 18.6 Å². The molecule has 2 N–H and O–H groups in total. The molecular weight excluding hydrogens is 447 g/mol. The topological polar surface area (TPSA) is 88.8 Å². The molecule has 0 saturated carbocycles. The monoisotopic (exact) mass is 476 g/mol. The Balaban J connectivity index is 0.00000338. The average Bonchev–Trinajstić information content (AvgIpc) is 2.64. The molecule has 26 heavy (non-hydrogen) atoms. The molecule has 1 saturated heterocycles. The van der Waals surface area contributed by atoms with Gasteiger partial charge in [0.25, 0.3) is 5.69 Å². The highest BCUT2D eigenvalue weighted by molar-refractivity contribution is 14.0.